The Labute approximate surface area is 193 Å². The second kappa shape index (κ2) is 9.25. The molecule has 2 aromatic carbocycles. The van der Waals surface area contributed by atoms with E-state index in [9.17, 15) is 0 Å². The molecule has 0 aliphatic carbocycles. The Hall–Kier alpha value is -2.28. The molecule has 1 N–H and O–H groups in total. The molecule has 2 heterocycles. The van der Waals surface area contributed by atoms with Crippen molar-refractivity contribution < 1.29 is 4.74 Å². The molecule has 1 aromatic heterocycles. The number of rotatable bonds is 6. The Kier molecular flexibility index (Phi) is 6.46. The third-order valence-electron chi connectivity index (χ3n) is 4.78. The largest absolute Gasteiger partial charge is 0.497 e. The summed E-state index contributed by atoms with van der Waals surface area (Å²) in [6.07, 6.45) is 1.77. The van der Waals surface area contributed by atoms with Crippen LogP contribution in [0.15, 0.2) is 64.2 Å². The predicted octanol–water partition coefficient (Wildman–Crippen LogP) is 6.04. The molecular formula is C22H19BrCl2N4O. The van der Waals surface area contributed by atoms with Gasteiger partial charge in [0.2, 0.25) is 0 Å². The van der Waals surface area contributed by atoms with Gasteiger partial charge in [0.05, 0.1) is 35.0 Å². The van der Waals surface area contributed by atoms with Crippen LogP contribution < -0.4 is 15.0 Å². The Balaban J connectivity index is 1.63. The lowest BCUT2D eigenvalue weighted by Crippen LogP contribution is -2.29. The molecule has 154 valence electrons. The fourth-order valence-electron chi connectivity index (χ4n) is 3.29. The fourth-order valence-corrected chi connectivity index (χ4v) is 4.02. The first-order valence-electron chi connectivity index (χ1n) is 9.35. The summed E-state index contributed by atoms with van der Waals surface area (Å²) in [4.78, 5) is 11.4. The van der Waals surface area contributed by atoms with Crippen molar-refractivity contribution in [2.45, 2.75) is 6.54 Å². The average Bonchev–Trinajstić information content (AvgIpc) is 3.24. The molecule has 0 fully saturated rings. The van der Waals surface area contributed by atoms with Crippen LogP contribution in [-0.2, 0) is 6.54 Å². The van der Waals surface area contributed by atoms with Crippen molar-refractivity contribution in [1.29, 1.82) is 0 Å². The van der Waals surface area contributed by atoms with Gasteiger partial charge in [0.25, 0.3) is 0 Å². The maximum Gasteiger partial charge on any atom is 0.139 e. The number of aliphatic imine (C=N–C) groups is 1. The molecule has 0 spiro atoms. The van der Waals surface area contributed by atoms with Gasteiger partial charge in [0.15, 0.2) is 0 Å². The van der Waals surface area contributed by atoms with E-state index in [4.69, 9.17) is 32.9 Å². The highest BCUT2D eigenvalue weighted by molar-refractivity contribution is 9.10. The minimum atomic E-state index is 0.518. The van der Waals surface area contributed by atoms with Crippen molar-refractivity contribution >= 4 is 56.5 Å². The molecule has 0 bridgehead atoms. The van der Waals surface area contributed by atoms with Gasteiger partial charge in [-0.1, -0.05) is 41.4 Å². The summed E-state index contributed by atoms with van der Waals surface area (Å²) in [7, 11) is 1.66. The van der Waals surface area contributed by atoms with E-state index in [2.05, 4.69) is 31.1 Å². The van der Waals surface area contributed by atoms with Crippen LogP contribution in [0.4, 0.5) is 11.5 Å². The molecule has 0 atom stereocenters. The number of anilines is 2. The van der Waals surface area contributed by atoms with Crippen LogP contribution >= 0.6 is 39.1 Å². The van der Waals surface area contributed by atoms with Gasteiger partial charge < -0.3 is 15.0 Å². The Bertz CT molecular complexity index is 1090. The van der Waals surface area contributed by atoms with Crippen molar-refractivity contribution in [2.75, 3.05) is 30.4 Å². The van der Waals surface area contributed by atoms with Crippen LogP contribution in [0.25, 0.3) is 0 Å². The van der Waals surface area contributed by atoms with E-state index < -0.39 is 0 Å². The first kappa shape index (κ1) is 21.0. The number of hydrogen-bond donors (Lipinski definition) is 1. The van der Waals surface area contributed by atoms with Crippen LogP contribution in [0.2, 0.25) is 10.0 Å². The summed E-state index contributed by atoms with van der Waals surface area (Å²) < 4.78 is 6.10. The molecule has 5 nitrogen and oxygen atoms in total. The molecule has 0 saturated heterocycles. The maximum absolute atomic E-state index is 6.48. The summed E-state index contributed by atoms with van der Waals surface area (Å²) in [6.45, 7) is 2.01. The number of aromatic nitrogens is 1. The summed E-state index contributed by atoms with van der Waals surface area (Å²) in [5.74, 6) is 2.39. The van der Waals surface area contributed by atoms with Gasteiger partial charge in [-0.25, -0.2) is 4.98 Å². The minimum Gasteiger partial charge on any atom is -0.497 e. The van der Waals surface area contributed by atoms with Crippen molar-refractivity contribution in [3.63, 3.8) is 0 Å². The molecule has 3 aromatic rings. The van der Waals surface area contributed by atoms with Gasteiger partial charge in [-0.15, -0.1) is 0 Å². The Morgan fingerprint density at radius 3 is 2.73 bits per heavy atom. The SMILES string of the molecule is COc1ccc(CNc2ncc(Br)cc2C2=NCCN2c2cccc(Cl)c2Cl)cc1. The minimum absolute atomic E-state index is 0.518. The van der Waals surface area contributed by atoms with E-state index in [1.807, 2.05) is 42.5 Å². The lowest BCUT2D eigenvalue weighted by atomic mass is 10.1. The van der Waals surface area contributed by atoms with Crippen LogP contribution in [0.5, 0.6) is 5.75 Å². The van der Waals surface area contributed by atoms with Gasteiger partial charge >= 0.3 is 0 Å². The zero-order valence-corrected chi connectivity index (χ0v) is 19.3. The zero-order chi connectivity index (χ0) is 21.1. The highest BCUT2D eigenvalue weighted by atomic mass is 79.9. The number of ether oxygens (including phenoxy) is 1. The quantitative estimate of drug-likeness (QED) is 0.443. The first-order chi connectivity index (χ1) is 14.6. The maximum atomic E-state index is 6.48. The number of benzene rings is 2. The van der Waals surface area contributed by atoms with Gasteiger partial charge in [0.1, 0.15) is 17.4 Å². The Morgan fingerprint density at radius 1 is 1.17 bits per heavy atom. The van der Waals surface area contributed by atoms with Gasteiger partial charge in [-0.05, 0) is 51.8 Å². The fraction of sp³-hybridized carbons (Fsp3) is 0.182. The predicted molar refractivity (Wildman–Crippen MR) is 127 cm³/mol. The number of amidine groups is 1. The van der Waals surface area contributed by atoms with E-state index >= 15 is 0 Å². The first-order valence-corrected chi connectivity index (χ1v) is 10.9. The normalized spacial score (nSPS) is 13.3. The summed E-state index contributed by atoms with van der Waals surface area (Å²) in [5, 5.41) is 4.47. The van der Waals surface area contributed by atoms with E-state index in [0.717, 1.165) is 45.2 Å². The standard InChI is InChI=1S/C22H19BrCl2N4O/c1-30-16-7-5-14(6-8-16)12-27-21-17(11-15(23)13-28-21)22-26-9-10-29(22)19-4-2-3-18(24)20(19)25/h2-8,11,13H,9-10,12H2,1H3,(H,27,28). The van der Waals surface area contributed by atoms with Gasteiger partial charge in [-0.2, -0.15) is 0 Å². The Morgan fingerprint density at radius 2 is 1.97 bits per heavy atom. The van der Waals surface area contributed by atoms with E-state index in [1.165, 1.54) is 0 Å². The number of methoxy groups -OCH3 is 1. The highest BCUT2D eigenvalue weighted by Gasteiger charge is 2.25. The smallest absolute Gasteiger partial charge is 0.139 e. The second-order valence-electron chi connectivity index (χ2n) is 6.68. The monoisotopic (exact) mass is 504 g/mol. The summed E-state index contributed by atoms with van der Waals surface area (Å²) >= 11 is 16.3. The topological polar surface area (TPSA) is 49.8 Å². The second-order valence-corrected chi connectivity index (χ2v) is 8.38. The van der Waals surface area contributed by atoms with E-state index in [1.54, 1.807) is 19.4 Å². The third-order valence-corrected chi connectivity index (χ3v) is 6.02. The number of nitrogens with one attached hydrogen (secondary N) is 1. The van der Waals surface area contributed by atoms with Crippen molar-refractivity contribution in [1.82, 2.24) is 4.98 Å². The van der Waals surface area contributed by atoms with Crippen molar-refractivity contribution in [3.8, 4) is 5.75 Å². The molecular weight excluding hydrogens is 487 g/mol. The number of halogens is 3. The van der Waals surface area contributed by atoms with Crippen molar-refractivity contribution in [2.24, 2.45) is 4.99 Å². The molecule has 8 heteroatoms. The molecule has 30 heavy (non-hydrogen) atoms. The van der Waals surface area contributed by atoms with Crippen LogP contribution in [-0.4, -0.2) is 31.0 Å². The van der Waals surface area contributed by atoms with Gasteiger partial charge in [0, 0.05) is 23.8 Å². The van der Waals surface area contributed by atoms with Crippen molar-refractivity contribution in [3.05, 3.63) is 80.4 Å². The van der Waals surface area contributed by atoms with Gasteiger partial charge in [-0.3, -0.25) is 4.99 Å². The summed E-state index contributed by atoms with van der Waals surface area (Å²) in [5.41, 5.74) is 2.85. The lowest BCUT2D eigenvalue weighted by molar-refractivity contribution is 0.414. The number of pyridine rings is 1. The molecule has 0 unspecified atom stereocenters. The van der Waals surface area contributed by atoms with E-state index in [-0.39, 0.29) is 0 Å². The van der Waals surface area contributed by atoms with Crippen LogP contribution in [0, 0.1) is 0 Å². The molecule has 1 aliphatic heterocycles. The molecule has 0 amide bonds. The molecule has 4 rings (SSSR count). The molecule has 0 radical (unpaired) electrons. The average molecular weight is 506 g/mol. The molecule has 1 aliphatic rings. The lowest BCUT2D eigenvalue weighted by Gasteiger charge is -2.23. The summed E-state index contributed by atoms with van der Waals surface area (Å²) in [6, 6.07) is 15.6. The third kappa shape index (κ3) is 4.41. The highest BCUT2D eigenvalue weighted by Crippen LogP contribution is 2.35. The zero-order valence-electron chi connectivity index (χ0n) is 16.2. The molecule has 0 saturated carbocycles. The number of nitrogens with zero attached hydrogens (tertiary/aromatic N) is 3. The van der Waals surface area contributed by atoms with Crippen LogP contribution in [0.3, 0.4) is 0 Å². The number of hydrogen-bond acceptors (Lipinski definition) is 5. The van der Waals surface area contributed by atoms with Crippen LogP contribution in [0.1, 0.15) is 11.1 Å². The van der Waals surface area contributed by atoms with E-state index in [0.29, 0.717) is 23.1 Å².